The fourth-order valence-electron chi connectivity index (χ4n) is 1.81. The molecule has 1 aromatic rings. The fraction of sp³-hybridized carbons (Fsp3) is 0.364. The Morgan fingerprint density at radius 2 is 2.08 bits per heavy atom. The third-order valence-electron chi connectivity index (χ3n) is 2.59. The second-order valence-electron chi connectivity index (χ2n) is 3.61. The summed E-state index contributed by atoms with van der Waals surface area (Å²) in [6, 6.07) is 10.1. The normalized spacial score (nSPS) is 25.5. The van der Waals surface area contributed by atoms with Gasteiger partial charge in [-0.2, -0.15) is 0 Å². The molecule has 0 radical (unpaired) electrons. The highest BCUT2D eigenvalue weighted by Crippen LogP contribution is 2.49. The highest BCUT2D eigenvalue weighted by molar-refractivity contribution is 5.67. The molecule has 2 rings (SSSR count). The van der Waals surface area contributed by atoms with Crippen molar-refractivity contribution in [3.63, 3.8) is 0 Å². The Morgan fingerprint density at radius 3 is 2.69 bits per heavy atom. The Balaban J connectivity index is 1.97. The molecule has 0 aromatic heterocycles. The summed E-state index contributed by atoms with van der Waals surface area (Å²) in [6.07, 6.45) is 1.36. The SMILES string of the molecule is O=C(O)C[C@H]1C[C@H]1c1ccccc1. The van der Waals surface area contributed by atoms with Crippen LogP contribution in [0, 0.1) is 5.92 Å². The van der Waals surface area contributed by atoms with Crippen LogP contribution in [0.1, 0.15) is 24.3 Å². The van der Waals surface area contributed by atoms with Gasteiger partial charge in [0.2, 0.25) is 0 Å². The maximum atomic E-state index is 10.4. The van der Waals surface area contributed by atoms with E-state index in [1.165, 1.54) is 5.56 Å². The van der Waals surface area contributed by atoms with E-state index in [9.17, 15) is 4.79 Å². The van der Waals surface area contributed by atoms with Crippen molar-refractivity contribution >= 4 is 5.97 Å². The largest absolute Gasteiger partial charge is 0.481 e. The molecule has 2 heteroatoms. The molecule has 2 atom stereocenters. The first kappa shape index (κ1) is 8.30. The summed E-state index contributed by atoms with van der Waals surface area (Å²) in [6.45, 7) is 0. The molecule has 0 amide bonds. The Labute approximate surface area is 77.2 Å². The minimum absolute atomic E-state index is 0.319. The maximum Gasteiger partial charge on any atom is 0.303 e. The molecule has 1 aromatic carbocycles. The lowest BCUT2D eigenvalue weighted by Gasteiger charge is -1.97. The molecule has 0 saturated heterocycles. The predicted octanol–water partition coefficient (Wildman–Crippen LogP) is 2.26. The summed E-state index contributed by atoms with van der Waals surface area (Å²) < 4.78 is 0. The van der Waals surface area contributed by atoms with E-state index >= 15 is 0 Å². The van der Waals surface area contributed by atoms with Gasteiger partial charge < -0.3 is 5.11 Å². The van der Waals surface area contributed by atoms with Gasteiger partial charge in [0.15, 0.2) is 0 Å². The van der Waals surface area contributed by atoms with E-state index in [-0.39, 0.29) is 0 Å². The molecule has 0 unspecified atom stereocenters. The van der Waals surface area contributed by atoms with Crippen LogP contribution in [0.25, 0.3) is 0 Å². The minimum atomic E-state index is -0.677. The van der Waals surface area contributed by atoms with Gasteiger partial charge in [-0.3, -0.25) is 4.79 Å². The second-order valence-corrected chi connectivity index (χ2v) is 3.61. The fourth-order valence-corrected chi connectivity index (χ4v) is 1.81. The molecular weight excluding hydrogens is 164 g/mol. The standard InChI is InChI=1S/C11H12O2/c12-11(13)7-9-6-10(9)8-4-2-1-3-5-8/h1-5,9-10H,6-7H2,(H,12,13)/t9-,10+/m1/s1. The van der Waals surface area contributed by atoms with Gasteiger partial charge in [0.25, 0.3) is 0 Å². The minimum Gasteiger partial charge on any atom is -0.481 e. The Bertz CT molecular complexity index is 305. The van der Waals surface area contributed by atoms with E-state index in [0.717, 1.165) is 6.42 Å². The average molecular weight is 176 g/mol. The average Bonchev–Trinajstić information content (AvgIpc) is 2.84. The van der Waals surface area contributed by atoms with Crippen molar-refractivity contribution in [3.05, 3.63) is 35.9 Å². The van der Waals surface area contributed by atoms with Gasteiger partial charge >= 0.3 is 5.97 Å². The quantitative estimate of drug-likeness (QED) is 0.767. The van der Waals surface area contributed by atoms with E-state index in [4.69, 9.17) is 5.11 Å². The number of hydrogen-bond acceptors (Lipinski definition) is 1. The molecule has 1 N–H and O–H groups in total. The third kappa shape index (κ3) is 1.89. The van der Waals surface area contributed by atoms with Crippen LogP contribution in [0.3, 0.4) is 0 Å². The first-order valence-corrected chi connectivity index (χ1v) is 4.54. The summed E-state index contributed by atoms with van der Waals surface area (Å²) in [4.78, 5) is 10.4. The first-order valence-electron chi connectivity index (χ1n) is 4.54. The van der Waals surface area contributed by atoms with E-state index < -0.39 is 5.97 Å². The van der Waals surface area contributed by atoms with Crippen molar-refractivity contribution in [2.45, 2.75) is 18.8 Å². The summed E-state index contributed by atoms with van der Waals surface area (Å²) in [5, 5.41) is 8.59. The molecule has 0 spiro atoms. The van der Waals surface area contributed by atoms with Crippen LogP contribution in [0.15, 0.2) is 30.3 Å². The number of carbonyl (C=O) groups is 1. The Kier molecular flexibility index (Phi) is 2.05. The molecule has 13 heavy (non-hydrogen) atoms. The van der Waals surface area contributed by atoms with Crippen LogP contribution < -0.4 is 0 Å². The maximum absolute atomic E-state index is 10.4. The van der Waals surface area contributed by atoms with Crippen molar-refractivity contribution in [1.82, 2.24) is 0 Å². The molecule has 0 bridgehead atoms. The lowest BCUT2D eigenvalue weighted by atomic mass is 10.1. The molecule has 1 saturated carbocycles. The van der Waals surface area contributed by atoms with Gasteiger partial charge in [0.1, 0.15) is 0 Å². The highest BCUT2D eigenvalue weighted by Gasteiger charge is 2.39. The van der Waals surface area contributed by atoms with Crippen molar-refractivity contribution in [2.75, 3.05) is 0 Å². The van der Waals surface area contributed by atoms with Crippen LogP contribution >= 0.6 is 0 Å². The molecule has 2 nitrogen and oxygen atoms in total. The molecular formula is C11H12O2. The molecule has 0 aliphatic heterocycles. The Morgan fingerprint density at radius 1 is 1.38 bits per heavy atom. The number of carboxylic acid groups (broad SMARTS) is 1. The van der Waals surface area contributed by atoms with Crippen molar-refractivity contribution in [1.29, 1.82) is 0 Å². The molecule has 1 aliphatic rings. The zero-order valence-electron chi connectivity index (χ0n) is 7.31. The van der Waals surface area contributed by atoms with Crippen LogP contribution in [-0.4, -0.2) is 11.1 Å². The van der Waals surface area contributed by atoms with E-state index in [0.29, 0.717) is 18.3 Å². The van der Waals surface area contributed by atoms with Crippen molar-refractivity contribution in [2.24, 2.45) is 5.92 Å². The predicted molar refractivity (Wildman–Crippen MR) is 49.5 cm³/mol. The highest BCUT2D eigenvalue weighted by atomic mass is 16.4. The van der Waals surface area contributed by atoms with E-state index in [1.54, 1.807) is 0 Å². The third-order valence-corrected chi connectivity index (χ3v) is 2.59. The van der Waals surface area contributed by atoms with Crippen molar-refractivity contribution in [3.8, 4) is 0 Å². The second kappa shape index (κ2) is 3.21. The number of carboxylic acids is 1. The lowest BCUT2D eigenvalue weighted by Crippen LogP contribution is -1.96. The van der Waals surface area contributed by atoms with Gasteiger partial charge in [-0.25, -0.2) is 0 Å². The zero-order chi connectivity index (χ0) is 9.26. The molecule has 1 fully saturated rings. The summed E-state index contributed by atoms with van der Waals surface area (Å²) in [5.41, 5.74) is 1.29. The van der Waals surface area contributed by atoms with Crippen LogP contribution in [0.5, 0.6) is 0 Å². The monoisotopic (exact) mass is 176 g/mol. The lowest BCUT2D eigenvalue weighted by molar-refractivity contribution is -0.137. The van der Waals surface area contributed by atoms with Gasteiger partial charge in [-0.1, -0.05) is 30.3 Å². The van der Waals surface area contributed by atoms with E-state index in [2.05, 4.69) is 12.1 Å². The number of rotatable bonds is 3. The van der Waals surface area contributed by atoms with Gasteiger partial charge in [-0.05, 0) is 23.8 Å². The van der Waals surface area contributed by atoms with Crippen molar-refractivity contribution < 1.29 is 9.90 Å². The smallest absolute Gasteiger partial charge is 0.303 e. The van der Waals surface area contributed by atoms with Gasteiger partial charge in [0, 0.05) is 6.42 Å². The first-order chi connectivity index (χ1) is 6.27. The van der Waals surface area contributed by atoms with Crippen LogP contribution in [0.2, 0.25) is 0 Å². The zero-order valence-corrected chi connectivity index (χ0v) is 7.31. The molecule has 68 valence electrons. The Hall–Kier alpha value is -1.31. The van der Waals surface area contributed by atoms with Gasteiger partial charge in [-0.15, -0.1) is 0 Å². The summed E-state index contributed by atoms with van der Waals surface area (Å²) in [5.74, 6) is 0.195. The van der Waals surface area contributed by atoms with Crippen LogP contribution in [0.4, 0.5) is 0 Å². The van der Waals surface area contributed by atoms with Crippen LogP contribution in [-0.2, 0) is 4.79 Å². The molecule has 1 aliphatic carbocycles. The topological polar surface area (TPSA) is 37.3 Å². The number of benzene rings is 1. The molecule has 0 heterocycles. The summed E-state index contributed by atoms with van der Waals surface area (Å²) in [7, 11) is 0. The van der Waals surface area contributed by atoms with Gasteiger partial charge in [0.05, 0.1) is 0 Å². The number of aliphatic carboxylic acids is 1. The van der Waals surface area contributed by atoms with E-state index in [1.807, 2.05) is 18.2 Å². The number of hydrogen-bond donors (Lipinski definition) is 1. The summed E-state index contributed by atoms with van der Waals surface area (Å²) >= 11 is 0.